The van der Waals surface area contributed by atoms with Crippen LogP contribution < -0.4 is 9.62 Å². The number of amides is 2. The van der Waals surface area contributed by atoms with Crippen molar-refractivity contribution in [1.82, 2.24) is 10.2 Å². The average molecular weight is 570 g/mol. The van der Waals surface area contributed by atoms with Gasteiger partial charge in [0.15, 0.2) is 0 Å². The van der Waals surface area contributed by atoms with Crippen LogP contribution in [0.2, 0.25) is 5.02 Å². The maximum atomic E-state index is 13.9. The Morgan fingerprint density at radius 1 is 0.897 bits per heavy atom. The number of carbonyl (C=O) groups excluding carboxylic acids is 2. The maximum absolute atomic E-state index is 13.9. The van der Waals surface area contributed by atoms with E-state index in [0.717, 1.165) is 27.4 Å². The van der Waals surface area contributed by atoms with E-state index in [1.165, 1.54) is 17.0 Å². The molecule has 0 radical (unpaired) electrons. The molecule has 0 saturated heterocycles. The average Bonchev–Trinajstić information content (AvgIpc) is 2.91. The number of hydrogen-bond donors (Lipinski definition) is 1. The van der Waals surface area contributed by atoms with Crippen molar-refractivity contribution in [3.05, 3.63) is 94.5 Å². The minimum Gasteiger partial charge on any atom is -0.352 e. The highest BCUT2D eigenvalue weighted by Gasteiger charge is 2.33. The molecule has 0 aromatic heterocycles. The van der Waals surface area contributed by atoms with Gasteiger partial charge in [-0.1, -0.05) is 78.2 Å². The highest BCUT2D eigenvalue weighted by atomic mass is 35.5. The van der Waals surface area contributed by atoms with E-state index >= 15 is 0 Å². The third kappa shape index (κ3) is 7.61. The van der Waals surface area contributed by atoms with Crippen molar-refractivity contribution in [1.29, 1.82) is 0 Å². The van der Waals surface area contributed by atoms with Crippen LogP contribution in [0.3, 0.4) is 0 Å². The molecule has 2 amide bonds. The third-order valence-electron chi connectivity index (χ3n) is 6.65. The van der Waals surface area contributed by atoms with E-state index in [1.54, 1.807) is 43.3 Å². The molecule has 0 heterocycles. The van der Waals surface area contributed by atoms with Crippen molar-refractivity contribution in [2.24, 2.45) is 0 Å². The lowest BCUT2D eigenvalue weighted by Gasteiger charge is -2.32. The van der Waals surface area contributed by atoms with Gasteiger partial charge in [0.2, 0.25) is 11.8 Å². The van der Waals surface area contributed by atoms with Gasteiger partial charge in [-0.15, -0.1) is 0 Å². The summed E-state index contributed by atoms with van der Waals surface area (Å²) in [5.41, 5.74) is 2.97. The minimum absolute atomic E-state index is 0.0356. The van der Waals surface area contributed by atoms with Crippen molar-refractivity contribution >= 4 is 39.1 Å². The van der Waals surface area contributed by atoms with Crippen LogP contribution in [0.5, 0.6) is 0 Å². The molecule has 3 rings (SSSR count). The number of halogens is 1. The van der Waals surface area contributed by atoms with Crippen LogP contribution in [0.15, 0.2) is 77.7 Å². The number of anilines is 1. The first-order valence-electron chi connectivity index (χ1n) is 12.9. The van der Waals surface area contributed by atoms with E-state index in [1.807, 2.05) is 52.0 Å². The first-order valence-corrected chi connectivity index (χ1v) is 14.7. The van der Waals surface area contributed by atoms with Crippen LogP contribution >= 0.6 is 11.6 Å². The molecule has 0 unspecified atom stereocenters. The predicted octanol–water partition coefficient (Wildman–Crippen LogP) is 5.48. The van der Waals surface area contributed by atoms with Gasteiger partial charge in [0.25, 0.3) is 10.0 Å². The summed E-state index contributed by atoms with van der Waals surface area (Å²) in [4.78, 5) is 28.5. The largest absolute Gasteiger partial charge is 0.352 e. The van der Waals surface area contributed by atoms with Crippen molar-refractivity contribution in [2.45, 2.75) is 64.6 Å². The summed E-state index contributed by atoms with van der Waals surface area (Å²) in [6, 6.07) is 19.6. The van der Waals surface area contributed by atoms with Crippen LogP contribution in [0, 0.1) is 13.8 Å². The van der Waals surface area contributed by atoms with Crippen molar-refractivity contribution < 1.29 is 18.0 Å². The van der Waals surface area contributed by atoms with Crippen molar-refractivity contribution in [2.75, 3.05) is 10.8 Å². The number of benzene rings is 3. The number of nitrogens with zero attached hydrogens (tertiary/aromatic N) is 2. The Morgan fingerprint density at radius 2 is 1.46 bits per heavy atom. The highest BCUT2D eigenvalue weighted by molar-refractivity contribution is 7.92. The van der Waals surface area contributed by atoms with Gasteiger partial charge in [0.1, 0.15) is 12.6 Å². The Morgan fingerprint density at radius 3 is 2.03 bits per heavy atom. The minimum atomic E-state index is -4.17. The molecular formula is C30H36ClN3O4S. The van der Waals surface area contributed by atoms with Crippen LogP contribution in [0.4, 0.5) is 5.69 Å². The van der Waals surface area contributed by atoms with Crippen LogP contribution in [0.25, 0.3) is 0 Å². The Hall–Kier alpha value is -3.36. The van der Waals surface area contributed by atoms with E-state index in [4.69, 9.17) is 11.6 Å². The molecule has 0 aliphatic carbocycles. The third-order valence-corrected chi connectivity index (χ3v) is 8.74. The van der Waals surface area contributed by atoms with Crippen molar-refractivity contribution in [3.63, 3.8) is 0 Å². The van der Waals surface area contributed by atoms with Gasteiger partial charge in [-0.2, -0.15) is 0 Å². The fraction of sp³-hybridized carbons (Fsp3) is 0.333. The Kier molecular flexibility index (Phi) is 10.2. The molecule has 0 aliphatic rings. The van der Waals surface area contributed by atoms with Gasteiger partial charge in [-0.3, -0.25) is 13.9 Å². The van der Waals surface area contributed by atoms with Crippen molar-refractivity contribution in [3.8, 4) is 0 Å². The Labute approximate surface area is 236 Å². The molecule has 0 bridgehead atoms. The van der Waals surface area contributed by atoms with Crippen LogP contribution in [-0.2, 0) is 26.2 Å². The SMILES string of the molecule is CC[C@H](C)NC(=O)[C@@H](C)N(Cc1ccc(C)cc1)C(=O)CN(c1ccccc1Cl)S(=O)(=O)c1ccc(C)cc1. The zero-order chi connectivity index (χ0) is 28.7. The van der Waals surface area contributed by atoms with Gasteiger partial charge >= 0.3 is 0 Å². The Balaban J connectivity index is 2.03. The summed E-state index contributed by atoms with van der Waals surface area (Å²) < 4.78 is 28.7. The number of hydrogen-bond acceptors (Lipinski definition) is 4. The van der Waals surface area contributed by atoms with E-state index in [0.29, 0.717) is 0 Å². The fourth-order valence-electron chi connectivity index (χ4n) is 3.94. The molecule has 3 aromatic rings. The summed E-state index contributed by atoms with van der Waals surface area (Å²) in [6.45, 7) is 8.93. The number of rotatable bonds is 11. The zero-order valence-electron chi connectivity index (χ0n) is 23.0. The molecule has 1 N–H and O–H groups in total. The second-order valence-corrected chi connectivity index (χ2v) is 12.0. The lowest BCUT2D eigenvalue weighted by Crippen LogP contribution is -2.52. The first-order chi connectivity index (χ1) is 18.4. The molecule has 7 nitrogen and oxygen atoms in total. The standard InChI is InChI=1S/C30H36ClN3O4S/c1-6-23(4)32-30(36)24(5)33(19-25-15-11-21(2)12-16-25)29(35)20-34(28-10-8-7-9-27(28)31)39(37,38)26-17-13-22(3)14-18-26/h7-18,23-24H,6,19-20H2,1-5H3,(H,32,36)/t23-,24+/m0/s1. The van der Waals surface area contributed by atoms with Gasteiger partial charge < -0.3 is 10.2 Å². The zero-order valence-corrected chi connectivity index (χ0v) is 24.6. The summed E-state index contributed by atoms with van der Waals surface area (Å²) in [5, 5.41) is 3.12. The van der Waals surface area contributed by atoms with E-state index < -0.39 is 28.5 Å². The molecular weight excluding hydrogens is 534 g/mol. The monoisotopic (exact) mass is 569 g/mol. The molecule has 0 fully saturated rings. The molecule has 3 aromatic carbocycles. The van der Waals surface area contributed by atoms with E-state index in [2.05, 4.69) is 5.32 Å². The summed E-state index contributed by atoms with van der Waals surface area (Å²) in [6.07, 6.45) is 0.736. The summed E-state index contributed by atoms with van der Waals surface area (Å²) in [5.74, 6) is -0.839. The number of carbonyl (C=O) groups is 2. The molecule has 0 spiro atoms. The number of nitrogens with one attached hydrogen (secondary N) is 1. The Bertz CT molecular complexity index is 1390. The van der Waals surface area contributed by atoms with Gasteiger partial charge in [0, 0.05) is 12.6 Å². The molecule has 208 valence electrons. The number of para-hydroxylation sites is 1. The highest BCUT2D eigenvalue weighted by Crippen LogP contribution is 2.31. The number of sulfonamides is 1. The second kappa shape index (κ2) is 13.1. The second-order valence-electron chi connectivity index (χ2n) is 9.78. The molecule has 0 saturated carbocycles. The topological polar surface area (TPSA) is 86.8 Å². The molecule has 39 heavy (non-hydrogen) atoms. The van der Waals surface area contributed by atoms with Crippen LogP contribution in [-0.4, -0.2) is 43.8 Å². The quantitative estimate of drug-likeness (QED) is 0.331. The van der Waals surface area contributed by atoms with E-state index in [9.17, 15) is 18.0 Å². The molecule has 0 aliphatic heterocycles. The predicted molar refractivity (Wildman–Crippen MR) is 156 cm³/mol. The van der Waals surface area contributed by atoms with Gasteiger partial charge in [-0.25, -0.2) is 8.42 Å². The van der Waals surface area contributed by atoms with E-state index in [-0.39, 0.29) is 34.1 Å². The summed E-state index contributed by atoms with van der Waals surface area (Å²) in [7, 11) is -4.17. The number of aryl methyl sites for hydroxylation is 2. The lowest BCUT2D eigenvalue weighted by molar-refractivity contribution is -0.139. The van der Waals surface area contributed by atoms with Gasteiger partial charge in [-0.05, 0) is 63.9 Å². The smallest absolute Gasteiger partial charge is 0.264 e. The fourth-order valence-corrected chi connectivity index (χ4v) is 5.66. The first kappa shape index (κ1) is 30.2. The summed E-state index contributed by atoms with van der Waals surface area (Å²) >= 11 is 6.44. The molecule has 2 atom stereocenters. The molecule has 9 heteroatoms. The lowest BCUT2D eigenvalue weighted by atomic mass is 10.1. The maximum Gasteiger partial charge on any atom is 0.264 e. The van der Waals surface area contributed by atoms with Gasteiger partial charge in [0.05, 0.1) is 15.6 Å². The van der Waals surface area contributed by atoms with Crippen LogP contribution in [0.1, 0.15) is 43.9 Å². The normalized spacial score (nSPS) is 12.9.